The van der Waals surface area contributed by atoms with Gasteiger partial charge < -0.3 is 5.73 Å². The molecule has 0 radical (unpaired) electrons. The Balaban J connectivity index is 2.39. The van der Waals surface area contributed by atoms with Gasteiger partial charge in [-0.05, 0) is 12.0 Å². The minimum atomic E-state index is 0.786. The molecule has 2 N–H and O–H groups in total. The van der Waals surface area contributed by atoms with Crippen molar-refractivity contribution in [1.82, 2.24) is 4.98 Å². The maximum absolute atomic E-state index is 5.80. The first-order valence-electron chi connectivity index (χ1n) is 4.59. The van der Waals surface area contributed by atoms with Crippen molar-refractivity contribution in [3.63, 3.8) is 0 Å². The van der Waals surface area contributed by atoms with Gasteiger partial charge in [-0.25, -0.2) is 4.98 Å². The van der Waals surface area contributed by atoms with Crippen LogP contribution in [0.15, 0.2) is 29.8 Å². The number of thiazole rings is 1. The van der Waals surface area contributed by atoms with Crippen LogP contribution < -0.4 is 5.73 Å². The number of benzene rings is 1. The predicted molar refractivity (Wildman–Crippen MR) is 61.3 cm³/mol. The number of rotatable bonds is 2. The number of aryl methyl sites for hydroxylation is 1. The SMILES string of the molecule is CCc1ccc(-c2ncsc2N)cc1. The van der Waals surface area contributed by atoms with Crippen LogP contribution in [0.5, 0.6) is 0 Å². The summed E-state index contributed by atoms with van der Waals surface area (Å²) >= 11 is 1.48. The lowest BCUT2D eigenvalue weighted by molar-refractivity contribution is 1.14. The molecule has 72 valence electrons. The molecule has 0 spiro atoms. The molecule has 2 aromatic rings. The smallest absolute Gasteiger partial charge is 0.114 e. The van der Waals surface area contributed by atoms with Gasteiger partial charge in [-0.2, -0.15) is 0 Å². The van der Waals surface area contributed by atoms with Gasteiger partial charge in [-0.1, -0.05) is 31.2 Å². The summed E-state index contributed by atoms with van der Waals surface area (Å²) in [5.74, 6) is 0. The van der Waals surface area contributed by atoms with E-state index in [4.69, 9.17) is 5.73 Å². The van der Waals surface area contributed by atoms with Crippen LogP contribution in [-0.2, 0) is 6.42 Å². The summed E-state index contributed by atoms with van der Waals surface area (Å²) in [6.07, 6.45) is 1.06. The molecule has 1 aromatic heterocycles. The molecule has 14 heavy (non-hydrogen) atoms. The molecule has 0 atom stereocenters. The maximum atomic E-state index is 5.80. The Kier molecular flexibility index (Phi) is 2.50. The molecule has 0 saturated carbocycles. The van der Waals surface area contributed by atoms with Gasteiger partial charge >= 0.3 is 0 Å². The highest BCUT2D eigenvalue weighted by molar-refractivity contribution is 7.14. The minimum Gasteiger partial charge on any atom is -0.389 e. The summed E-state index contributed by atoms with van der Waals surface area (Å²) in [4.78, 5) is 4.24. The van der Waals surface area contributed by atoms with E-state index in [0.29, 0.717) is 0 Å². The van der Waals surface area contributed by atoms with E-state index in [1.54, 1.807) is 5.51 Å². The number of anilines is 1. The van der Waals surface area contributed by atoms with Crippen LogP contribution in [0.4, 0.5) is 5.00 Å². The second-order valence-electron chi connectivity index (χ2n) is 3.12. The first-order valence-corrected chi connectivity index (χ1v) is 5.47. The van der Waals surface area contributed by atoms with Gasteiger partial charge in [0.1, 0.15) is 10.7 Å². The molecule has 0 aliphatic rings. The number of hydrogen-bond acceptors (Lipinski definition) is 3. The molecule has 0 bridgehead atoms. The average molecular weight is 204 g/mol. The fourth-order valence-electron chi connectivity index (χ4n) is 1.37. The molecular formula is C11H12N2S. The van der Waals surface area contributed by atoms with Crippen molar-refractivity contribution in [2.75, 3.05) is 5.73 Å². The van der Waals surface area contributed by atoms with Crippen molar-refractivity contribution in [3.8, 4) is 11.3 Å². The first kappa shape index (κ1) is 9.21. The first-order chi connectivity index (χ1) is 6.81. The van der Waals surface area contributed by atoms with Crippen LogP contribution in [0.1, 0.15) is 12.5 Å². The summed E-state index contributed by atoms with van der Waals surface area (Å²) in [7, 11) is 0. The third-order valence-corrected chi connectivity index (χ3v) is 2.89. The van der Waals surface area contributed by atoms with Gasteiger partial charge in [0.05, 0.1) is 5.51 Å². The van der Waals surface area contributed by atoms with Crippen molar-refractivity contribution < 1.29 is 0 Å². The van der Waals surface area contributed by atoms with E-state index >= 15 is 0 Å². The Labute approximate surface area is 87.4 Å². The van der Waals surface area contributed by atoms with Crippen LogP contribution in [0.25, 0.3) is 11.3 Å². The van der Waals surface area contributed by atoms with Crippen molar-refractivity contribution in [3.05, 3.63) is 35.3 Å². The van der Waals surface area contributed by atoms with E-state index in [9.17, 15) is 0 Å². The van der Waals surface area contributed by atoms with Gasteiger partial charge in [0.25, 0.3) is 0 Å². The summed E-state index contributed by atoms with van der Waals surface area (Å²) in [5.41, 5.74) is 10.9. The van der Waals surface area contributed by atoms with E-state index in [1.807, 2.05) is 0 Å². The number of nitrogens with zero attached hydrogens (tertiary/aromatic N) is 1. The number of nitrogen functional groups attached to an aromatic ring is 1. The zero-order chi connectivity index (χ0) is 9.97. The topological polar surface area (TPSA) is 38.9 Å². The van der Waals surface area contributed by atoms with E-state index in [-0.39, 0.29) is 0 Å². The molecule has 0 saturated heterocycles. The van der Waals surface area contributed by atoms with Crippen molar-refractivity contribution >= 4 is 16.3 Å². The fraction of sp³-hybridized carbons (Fsp3) is 0.182. The fourth-order valence-corrected chi connectivity index (χ4v) is 1.92. The van der Waals surface area contributed by atoms with Crippen molar-refractivity contribution in [1.29, 1.82) is 0 Å². The second-order valence-corrected chi connectivity index (χ2v) is 4.00. The van der Waals surface area contributed by atoms with Crippen LogP contribution in [0.2, 0.25) is 0 Å². The standard InChI is InChI=1S/C11H12N2S/c1-2-8-3-5-9(6-4-8)10-11(12)14-7-13-10/h3-7H,2,12H2,1H3. The highest BCUT2D eigenvalue weighted by atomic mass is 32.1. The second kappa shape index (κ2) is 3.80. The molecule has 0 aliphatic carbocycles. The monoisotopic (exact) mass is 204 g/mol. The van der Waals surface area contributed by atoms with E-state index in [2.05, 4.69) is 36.2 Å². The number of hydrogen-bond donors (Lipinski definition) is 1. The summed E-state index contributed by atoms with van der Waals surface area (Å²) < 4.78 is 0. The van der Waals surface area contributed by atoms with E-state index in [1.165, 1.54) is 16.9 Å². The highest BCUT2D eigenvalue weighted by Crippen LogP contribution is 2.27. The van der Waals surface area contributed by atoms with Crippen LogP contribution in [-0.4, -0.2) is 4.98 Å². The lowest BCUT2D eigenvalue weighted by Gasteiger charge is -2.00. The zero-order valence-corrected chi connectivity index (χ0v) is 8.84. The molecule has 1 aromatic carbocycles. The van der Waals surface area contributed by atoms with Crippen molar-refractivity contribution in [2.24, 2.45) is 0 Å². The Bertz CT molecular complexity index is 417. The lowest BCUT2D eigenvalue weighted by atomic mass is 10.1. The molecule has 0 unspecified atom stereocenters. The lowest BCUT2D eigenvalue weighted by Crippen LogP contribution is -1.86. The van der Waals surface area contributed by atoms with Crippen molar-refractivity contribution in [2.45, 2.75) is 13.3 Å². The van der Waals surface area contributed by atoms with Gasteiger partial charge in [0, 0.05) is 5.56 Å². The van der Waals surface area contributed by atoms with E-state index < -0.39 is 0 Å². The predicted octanol–water partition coefficient (Wildman–Crippen LogP) is 2.95. The largest absolute Gasteiger partial charge is 0.389 e. The van der Waals surface area contributed by atoms with Gasteiger partial charge in [0.2, 0.25) is 0 Å². The third-order valence-electron chi connectivity index (χ3n) is 2.23. The molecule has 2 rings (SSSR count). The Morgan fingerprint density at radius 1 is 1.29 bits per heavy atom. The molecule has 0 amide bonds. The number of aromatic nitrogens is 1. The quantitative estimate of drug-likeness (QED) is 0.816. The zero-order valence-electron chi connectivity index (χ0n) is 8.03. The summed E-state index contributed by atoms with van der Waals surface area (Å²) in [6, 6.07) is 8.39. The van der Waals surface area contributed by atoms with E-state index in [0.717, 1.165) is 22.7 Å². The molecular weight excluding hydrogens is 192 g/mol. The van der Waals surface area contributed by atoms with Gasteiger partial charge in [-0.3, -0.25) is 0 Å². The highest BCUT2D eigenvalue weighted by Gasteiger charge is 2.04. The normalized spacial score (nSPS) is 10.4. The summed E-state index contributed by atoms with van der Waals surface area (Å²) in [5, 5.41) is 0.786. The molecule has 3 heteroatoms. The average Bonchev–Trinajstić information content (AvgIpc) is 2.65. The van der Waals surface area contributed by atoms with Gasteiger partial charge in [0.15, 0.2) is 0 Å². The van der Waals surface area contributed by atoms with Crippen LogP contribution >= 0.6 is 11.3 Å². The Morgan fingerprint density at radius 3 is 2.50 bits per heavy atom. The maximum Gasteiger partial charge on any atom is 0.114 e. The molecule has 1 heterocycles. The molecule has 2 nitrogen and oxygen atoms in total. The Hall–Kier alpha value is -1.35. The van der Waals surface area contributed by atoms with Gasteiger partial charge in [-0.15, -0.1) is 11.3 Å². The van der Waals surface area contributed by atoms with Crippen LogP contribution in [0, 0.1) is 0 Å². The van der Waals surface area contributed by atoms with Crippen LogP contribution in [0.3, 0.4) is 0 Å². The summed E-state index contributed by atoms with van der Waals surface area (Å²) in [6.45, 7) is 2.15. The molecule has 0 fully saturated rings. The number of nitrogens with two attached hydrogens (primary N) is 1. The Morgan fingerprint density at radius 2 is 2.00 bits per heavy atom. The third kappa shape index (κ3) is 1.63. The molecule has 0 aliphatic heterocycles. The minimum absolute atomic E-state index is 0.786.